The molecule has 0 amide bonds. The summed E-state index contributed by atoms with van der Waals surface area (Å²) in [5.74, 6) is 0. The van der Waals surface area contributed by atoms with Gasteiger partial charge in [-0.25, -0.2) is 0 Å². The summed E-state index contributed by atoms with van der Waals surface area (Å²) in [5.41, 5.74) is 35.2. The van der Waals surface area contributed by atoms with Crippen LogP contribution in [0.4, 0.5) is 0 Å². The maximum atomic E-state index is 2.48. The molecule has 0 N–H and O–H groups in total. The number of nitrogens with zero attached hydrogens (tertiary/aromatic N) is 2. The van der Waals surface area contributed by atoms with Crippen molar-refractivity contribution in [3.8, 4) is 145 Å². The molecule has 2 heteroatoms. The summed E-state index contributed by atoms with van der Waals surface area (Å²) in [4.78, 5) is 0. The molecule has 0 aliphatic rings. The standard InChI is InChI=1S/C102H68N2/c1-4-21-69(22-5-1)76-27-14-30-79(57-76)72-45-49-74(50-46-72)81-32-17-34-83(60-81)84-35-19-38-87(62-84)92-63-91(86-37-18-33-82(61-86)75-51-47-73(48-52-75)80-31-15-28-77(58-80)70-23-6-2-7-24-70)65-94(66-92)104-100-44-13-11-42-96(100)98-68-90(54-56-102(98)104)89-53-55-101-97(67-89)95-41-10-12-43-99(95)103(101)93-40-20-39-88(64-93)85-36-16-29-78(59-85)71-25-8-3-9-26-71/h1-68H. The molecule has 0 spiro atoms. The number of hydrogen-bond acceptors (Lipinski definition) is 0. The predicted molar refractivity (Wildman–Crippen MR) is 440 cm³/mol. The molecule has 486 valence electrons. The van der Waals surface area contributed by atoms with Crippen LogP contribution in [-0.4, -0.2) is 9.13 Å². The molecule has 0 saturated carbocycles. The molecule has 0 bridgehead atoms. The average Bonchev–Trinajstić information content (AvgIpc) is 1.58. The smallest absolute Gasteiger partial charge is 0.0541 e. The van der Waals surface area contributed by atoms with Gasteiger partial charge in [0.1, 0.15) is 0 Å². The van der Waals surface area contributed by atoms with Crippen LogP contribution in [-0.2, 0) is 0 Å². The largest absolute Gasteiger partial charge is 0.309 e. The molecule has 0 fully saturated rings. The molecule has 0 radical (unpaired) electrons. The van der Waals surface area contributed by atoms with E-state index in [0.717, 1.165) is 61.4 Å². The van der Waals surface area contributed by atoms with Crippen LogP contribution in [0.5, 0.6) is 0 Å². The van der Waals surface area contributed by atoms with E-state index in [2.05, 4.69) is 422 Å². The topological polar surface area (TPSA) is 9.86 Å². The van der Waals surface area contributed by atoms with Crippen molar-refractivity contribution in [2.24, 2.45) is 0 Å². The van der Waals surface area contributed by atoms with E-state index in [9.17, 15) is 0 Å². The summed E-state index contributed by atoms with van der Waals surface area (Å²) in [6.45, 7) is 0. The molecule has 2 aromatic heterocycles. The van der Waals surface area contributed by atoms with Crippen molar-refractivity contribution in [2.45, 2.75) is 0 Å². The second kappa shape index (κ2) is 26.5. The third-order valence-electron chi connectivity index (χ3n) is 20.9. The van der Waals surface area contributed by atoms with Crippen molar-refractivity contribution in [3.63, 3.8) is 0 Å². The van der Waals surface area contributed by atoms with Crippen LogP contribution in [0.1, 0.15) is 0 Å². The number of para-hydroxylation sites is 2. The zero-order valence-corrected chi connectivity index (χ0v) is 57.2. The summed E-state index contributed by atoms with van der Waals surface area (Å²) in [5, 5.41) is 4.85. The molecular formula is C102H68N2. The van der Waals surface area contributed by atoms with Gasteiger partial charge in [-0.1, -0.05) is 309 Å². The van der Waals surface area contributed by atoms with E-state index in [4.69, 9.17) is 0 Å². The summed E-state index contributed by atoms with van der Waals surface area (Å²) < 4.78 is 4.92. The highest BCUT2D eigenvalue weighted by Gasteiger charge is 2.20. The number of aromatic nitrogens is 2. The second-order valence-corrected chi connectivity index (χ2v) is 27.2. The minimum absolute atomic E-state index is 1.09. The first kappa shape index (κ1) is 61.4. The molecular weight excluding hydrogens is 1250 g/mol. The summed E-state index contributed by atoms with van der Waals surface area (Å²) in [6, 6.07) is 152. The highest BCUT2D eigenvalue weighted by molar-refractivity contribution is 6.13. The van der Waals surface area contributed by atoms with Crippen LogP contribution < -0.4 is 0 Å². The molecule has 19 aromatic rings. The van der Waals surface area contributed by atoms with E-state index in [-0.39, 0.29) is 0 Å². The minimum Gasteiger partial charge on any atom is -0.309 e. The summed E-state index contributed by atoms with van der Waals surface area (Å²) >= 11 is 0. The lowest BCUT2D eigenvalue weighted by Crippen LogP contribution is -1.96. The monoisotopic (exact) mass is 1320 g/mol. The molecule has 17 aromatic carbocycles. The first-order valence-corrected chi connectivity index (χ1v) is 35.8. The molecule has 19 rings (SSSR count). The van der Waals surface area contributed by atoms with E-state index in [1.165, 1.54) is 127 Å². The minimum atomic E-state index is 1.09. The van der Waals surface area contributed by atoms with Crippen molar-refractivity contribution in [3.05, 3.63) is 413 Å². The van der Waals surface area contributed by atoms with Crippen LogP contribution in [0.15, 0.2) is 413 Å². The Bertz CT molecular complexity index is 6430. The van der Waals surface area contributed by atoms with Crippen molar-refractivity contribution in [1.29, 1.82) is 0 Å². The Morgan fingerprint density at radius 1 is 0.106 bits per heavy atom. The lowest BCUT2D eigenvalue weighted by atomic mass is 9.93. The second-order valence-electron chi connectivity index (χ2n) is 27.2. The third-order valence-corrected chi connectivity index (χ3v) is 20.9. The molecule has 0 aliphatic carbocycles. The van der Waals surface area contributed by atoms with E-state index < -0.39 is 0 Å². The molecule has 0 aliphatic heterocycles. The van der Waals surface area contributed by atoms with Gasteiger partial charge in [0.2, 0.25) is 0 Å². The first-order valence-electron chi connectivity index (χ1n) is 35.8. The Balaban J connectivity index is 0.693. The Hall–Kier alpha value is -13.7. The van der Waals surface area contributed by atoms with Gasteiger partial charge in [-0.05, 0) is 237 Å². The van der Waals surface area contributed by atoms with Crippen molar-refractivity contribution < 1.29 is 0 Å². The lowest BCUT2D eigenvalue weighted by molar-refractivity contribution is 1.18. The highest BCUT2D eigenvalue weighted by atomic mass is 15.0. The van der Waals surface area contributed by atoms with Crippen LogP contribution in [0, 0.1) is 0 Å². The maximum absolute atomic E-state index is 2.48. The molecule has 2 heterocycles. The SMILES string of the molecule is c1ccc(-c2cccc(-c3ccc(-c4cccc(-c5cccc(-c6cc(-c7cccc(-c8ccc(-c9cccc(-c%10ccccc%10)c9)cc8)c7)cc(-n7c8ccccc8c8cc(-c9ccc%10c(c9)c9ccccc9n%10-c9cccc(-c%10cccc(-c%11ccccc%11)c%10)c9)ccc87)c6)c5)c4)cc3)c2)cc1. The number of benzene rings is 17. The number of fused-ring (bicyclic) bond motifs is 6. The summed E-state index contributed by atoms with van der Waals surface area (Å²) in [7, 11) is 0. The molecule has 0 saturated heterocycles. The van der Waals surface area contributed by atoms with E-state index in [1.807, 2.05) is 0 Å². The van der Waals surface area contributed by atoms with E-state index in [1.54, 1.807) is 0 Å². The normalized spacial score (nSPS) is 11.5. The fourth-order valence-electron chi connectivity index (χ4n) is 15.6. The van der Waals surface area contributed by atoms with E-state index >= 15 is 0 Å². The summed E-state index contributed by atoms with van der Waals surface area (Å²) in [6.07, 6.45) is 0. The molecule has 104 heavy (non-hydrogen) atoms. The fourth-order valence-corrected chi connectivity index (χ4v) is 15.6. The molecule has 0 atom stereocenters. The van der Waals surface area contributed by atoms with Crippen LogP contribution in [0.25, 0.3) is 189 Å². The highest BCUT2D eigenvalue weighted by Crippen LogP contribution is 2.43. The van der Waals surface area contributed by atoms with Crippen LogP contribution >= 0.6 is 0 Å². The van der Waals surface area contributed by atoms with Gasteiger partial charge in [-0.2, -0.15) is 0 Å². The Labute approximate surface area is 606 Å². The van der Waals surface area contributed by atoms with Crippen LogP contribution in [0.3, 0.4) is 0 Å². The quantitative estimate of drug-likeness (QED) is 0.103. The zero-order valence-electron chi connectivity index (χ0n) is 57.2. The Morgan fingerprint density at radius 3 is 0.644 bits per heavy atom. The van der Waals surface area contributed by atoms with Crippen LogP contribution in [0.2, 0.25) is 0 Å². The van der Waals surface area contributed by atoms with Gasteiger partial charge in [-0.15, -0.1) is 0 Å². The average molecular weight is 1320 g/mol. The molecule has 2 nitrogen and oxygen atoms in total. The zero-order chi connectivity index (χ0) is 68.9. The van der Waals surface area contributed by atoms with Gasteiger partial charge >= 0.3 is 0 Å². The van der Waals surface area contributed by atoms with Gasteiger partial charge in [0.25, 0.3) is 0 Å². The lowest BCUT2D eigenvalue weighted by Gasteiger charge is -2.16. The Morgan fingerprint density at radius 2 is 0.308 bits per heavy atom. The van der Waals surface area contributed by atoms with Crippen molar-refractivity contribution in [1.82, 2.24) is 9.13 Å². The van der Waals surface area contributed by atoms with Gasteiger partial charge in [-0.3, -0.25) is 0 Å². The van der Waals surface area contributed by atoms with Crippen molar-refractivity contribution >= 4 is 43.6 Å². The van der Waals surface area contributed by atoms with Gasteiger partial charge < -0.3 is 9.13 Å². The maximum Gasteiger partial charge on any atom is 0.0541 e. The van der Waals surface area contributed by atoms with Gasteiger partial charge in [0, 0.05) is 32.9 Å². The fraction of sp³-hybridized carbons (Fsp3) is 0. The number of hydrogen-bond donors (Lipinski definition) is 0. The van der Waals surface area contributed by atoms with Gasteiger partial charge in [0.05, 0.1) is 22.1 Å². The van der Waals surface area contributed by atoms with Gasteiger partial charge in [0.15, 0.2) is 0 Å². The molecule has 0 unspecified atom stereocenters. The Kier molecular flexibility index (Phi) is 15.6. The predicted octanol–water partition coefficient (Wildman–Crippen LogP) is 27.9. The third kappa shape index (κ3) is 11.7. The number of rotatable bonds is 14. The van der Waals surface area contributed by atoms with E-state index in [0.29, 0.717) is 0 Å². The first-order chi connectivity index (χ1) is 51.5. The van der Waals surface area contributed by atoms with Crippen molar-refractivity contribution in [2.75, 3.05) is 0 Å².